The van der Waals surface area contributed by atoms with Crippen LogP contribution in [0.3, 0.4) is 0 Å². The number of carbonyl (C=O) groups is 2. The first kappa shape index (κ1) is 14.9. The van der Waals surface area contributed by atoms with Crippen molar-refractivity contribution in [1.29, 1.82) is 0 Å². The summed E-state index contributed by atoms with van der Waals surface area (Å²) in [7, 11) is 0. The molecule has 16 heavy (non-hydrogen) atoms. The van der Waals surface area contributed by atoms with Gasteiger partial charge in [-0.05, 0) is 6.42 Å². The Morgan fingerprint density at radius 3 is 2.19 bits per heavy atom. The van der Waals surface area contributed by atoms with Crippen LogP contribution in [0.25, 0.3) is 0 Å². The predicted octanol–water partition coefficient (Wildman–Crippen LogP) is 0.717. The van der Waals surface area contributed by atoms with Gasteiger partial charge in [0.25, 0.3) is 0 Å². The highest BCUT2D eigenvalue weighted by atomic mass is 16.4. The van der Waals surface area contributed by atoms with Crippen molar-refractivity contribution >= 4 is 11.9 Å². The molecule has 1 unspecified atom stereocenters. The molecule has 0 rings (SSSR count). The summed E-state index contributed by atoms with van der Waals surface area (Å²) in [6, 6.07) is -0.283. The average molecular weight is 231 g/mol. The topological polar surface area (TPSA) is 77.8 Å². The highest BCUT2D eigenvalue weighted by Gasteiger charge is 2.24. The van der Waals surface area contributed by atoms with Gasteiger partial charge in [0, 0.05) is 12.5 Å². The number of aliphatic hydroxyl groups excluding tert-OH is 1. The lowest BCUT2D eigenvalue weighted by atomic mass is 10.1. The van der Waals surface area contributed by atoms with Gasteiger partial charge in [-0.1, -0.05) is 20.8 Å². The van der Waals surface area contributed by atoms with E-state index in [0.717, 1.165) is 0 Å². The summed E-state index contributed by atoms with van der Waals surface area (Å²) in [6.07, 6.45) is 0.531. The van der Waals surface area contributed by atoms with Crippen molar-refractivity contribution in [3.8, 4) is 0 Å². The van der Waals surface area contributed by atoms with E-state index in [9.17, 15) is 9.59 Å². The molecule has 0 aliphatic rings. The highest BCUT2D eigenvalue weighted by molar-refractivity contribution is 5.79. The Hall–Kier alpha value is -1.10. The Morgan fingerprint density at radius 1 is 1.31 bits per heavy atom. The van der Waals surface area contributed by atoms with Crippen molar-refractivity contribution in [2.24, 2.45) is 5.92 Å². The molecule has 0 aliphatic heterocycles. The zero-order valence-electron chi connectivity index (χ0n) is 10.1. The summed E-state index contributed by atoms with van der Waals surface area (Å²) in [6.45, 7) is 5.42. The number of nitrogens with zero attached hydrogens (tertiary/aromatic N) is 1. The normalized spacial score (nSPS) is 12.6. The number of rotatable bonds is 7. The molecule has 94 valence electrons. The first-order valence-corrected chi connectivity index (χ1v) is 5.57. The Morgan fingerprint density at radius 2 is 1.88 bits per heavy atom. The Balaban J connectivity index is 4.60. The highest BCUT2D eigenvalue weighted by Crippen LogP contribution is 2.10. The Kier molecular flexibility index (Phi) is 6.72. The molecule has 0 aromatic carbocycles. The van der Waals surface area contributed by atoms with Gasteiger partial charge in [-0.3, -0.25) is 9.59 Å². The van der Waals surface area contributed by atoms with E-state index in [1.807, 2.05) is 6.92 Å². The van der Waals surface area contributed by atoms with E-state index in [1.165, 1.54) is 4.90 Å². The minimum atomic E-state index is -0.936. The number of hydrogen-bond donors (Lipinski definition) is 2. The lowest BCUT2D eigenvalue weighted by molar-refractivity contribution is -0.141. The van der Waals surface area contributed by atoms with Crippen LogP contribution in [0.4, 0.5) is 0 Å². The van der Waals surface area contributed by atoms with Crippen LogP contribution in [0.15, 0.2) is 0 Å². The van der Waals surface area contributed by atoms with Gasteiger partial charge in [0.15, 0.2) is 0 Å². The van der Waals surface area contributed by atoms with Crippen LogP contribution < -0.4 is 0 Å². The van der Waals surface area contributed by atoms with Gasteiger partial charge in [0.1, 0.15) is 0 Å². The lowest BCUT2D eigenvalue weighted by Gasteiger charge is -2.31. The van der Waals surface area contributed by atoms with Crippen molar-refractivity contribution in [2.75, 3.05) is 13.2 Å². The molecule has 0 saturated carbocycles. The molecule has 0 fully saturated rings. The molecule has 0 radical (unpaired) electrons. The molecule has 0 aliphatic carbocycles. The minimum absolute atomic E-state index is 0.0883. The third-order valence-corrected chi connectivity index (χ3v) is 2.47. The minimum Gasteiger partial charge on any atom is -0.481 e. The fourth-order valence-corrected chi connectivity index (χ4v) is 1.47. The van der Waals surface area contributed by atoms with Crippen molar-refractivity contribution in [3.63, 3.8) is 0 Å². The van der Waals surface area contributed by atoms with Crippen LogP contribution in [0.1, 0.15) is 33.6 Å². The second-order valence-corrected chi connectivity index (χ2v) is 4.07. The van der Waals surface area contributed by atoms with Crippen molar-refractivity contribution < 1.29 is 19.8 Å². The van der Waals surface area contributed by atoms with Gasteiger partial charge in [-0.15, -0.1) is 0 Å². The van der Waals surface area contributed by atoms with Crippen LogP contribution >= 0.6 is 0 Å². The molecule has 0 aromatic heterocycles. The fourth-order valence-electron chi connectivity index (χ4n) is 1.47. The van der Waals surface area contributed by atoms with Gasteiger partial charge >= 0.3 is 5.97 Å². The fraction of sp³-hybridized carbons (Fsp3) is 0.818. The van der Waals surface area contributed by atoms with E-state index in [-0.39, 0.29) is 37.4 Å². The molecule has 0 bridgehead atoms. The van der Waals surface area contributed by atoms with Crippen LogP contribution in [0, 0.1) is 5.92 Å². The van der Waals surface area contributed by atoms with Crippen LogP contribution in [-0.2, 0) is 9.59 Å². The summed E-state index contributed by atoms with van der Waals surface area (Å²) in [4.78, 5) is 23.8. The molecular formula is C11H21NO4. The van der Waals surface area contributed by atoms with E-state index in [4.69, 9.17) is 10.2 Å². The second-order valence-electron chi connectivity index (χ2n) is 4.07. The summed E-state index contributed by atoms with van der Waals surface area (Å²) in [5, 5.41) is 17.8. The standard InChI is InChI=1S/C11H21NO4/c1-4-9(7-13)12(6-5-10(14)15)11(16)8(2)3/h8-9,13H,4-7H2,1-3H3,(H,14,15). The molecule has 2 N–H and O–H groups in total. The Labute approximate surface area is 96.1 Å². The smallest absolute Gasteiger partial charge is 0.305 e. The molecular weight excluding hydrogens is 210 g/mol. The third kappa shape index (κ3) is 4.61. The molecule has 0 heterocycles. The molecule has 5 heteroatoms. The Bertz CT molecular complexity index is 236. The zero-order chi connectivity index (χ0) is 12.7. The van der Waals surface area contributed by atoms with E-state index in [1.54, 1.807) is 13.8 Å². The van der Waals surface area contributed by atoms with Crippen LogP contribution in [0.2, 0.25) is 0 Å². The molecule has 1 amide bonds. The van der Waals surface area contributed by atoms with E-state index < -0.39 is 5.97 Å². The van der Waals surface area contributed by atoms with Crippen molar-refractivity contribution in [3.05, 3.63) is 0 Å². The maximum atomic E-state index is 11.8. The summed E-state index contributed by atoms with van der Waals surface area (Å²) >= 11 is 0. The van der Waals surface area contributed by atoms with E-state index in [2.05, 4.69) is 0 Å². The number of aliphatic carboxylic acids is 1. The number of hydrogen-bond acceptors (Lipinski definition) is 3. The van der Waals surface area contributed by atoms with Gasteiger partial charge < -0.3 is 15.1 Å². The number of aliphatic hydroxyl groups is 1. The van der Waals surface area contributed by atoms with Crippen molar-refractivity contribution in [2.45, 2.75) is 39.7 Å². The molecule has 5 nitrogen and oxygen atoms in total. The summed E-state index contributed by atoms with van der Waals surface area (Å²) < 4.78 is 0. The summed E-state index contributed by atoms with van der Waals surface area (Å²) in [5.74, 6) is -1.23. The monoisotopic (exact) mass is 231 g/mol. The number of amides is 1. The van der Waals surface area contributed by atoms with Gasteiger partial charge in [-0.25, -0.2) is 0 Å². The van der Waals surface area contributed by atoms with Crippen LogP contribution in [0.5, 0.6) is 0 Å². The number of carboxylic acid groups (broad SMARTS) is 1. The number of carboxylic acids is 1. The van der Waals surface area contributed by atoms with Gasteiger partial charge in [0.05, 0.1) is 19.1 Å². The molecule has 0 aromatic rings. The molecule has 0 saturated heterocycles. The predicted molar refractivity (Wildman–Crippen MR) is 60.0 cm³/mol. The van der Waals surface area contributed by atoms with Crippen LogP contribution in [-0.4, -0.2) is 46.2 Å². The largest absolute Gasteiger partial charge is 0.481 e. The van der Waals surface area contributed by atoms with E-state index in [0.29, 0.717) is 6.42 Å². The SMILES string of the molecule is CCC(CO)N(CCC(=O)O)C(=O)C(C)C. The average Bonchev–Trinajstić information content (AvgIpc) is 2.22. The molecule has 1 atom stereocenters. The molecule has 0 spiro atoms. The first-order chi connectivity index (χ1) is 7.43. The van der Waals surface area contributed by atoms with Gasteiger partial charge in [-0.2, -0.15) is 0 Å². The quantitative estimate of drug-likeness (QED) is 0.676. The second kappa shape index (κ2) is 7.22. The third-order valence-electron chi connectivity index (χ3n) is 2.47. The first-order valence-electron chi connectivity index (χ1n) is 5.57. The maximum absolute atomic E-state index is 11.8. The van der Waals surface area contributed by atoms with Gasteiger partial charge in [0.2, 0.25) is 5.91 Å². The number of carbonyl (C=O) groups excluding carboxylic acids is 1. The zero-order valence-corrected chi connectivity index (χ0v) is 10.1. The van der Waals surface area contributed by atoms with Crippen molar-refractivity contribution in [1.82, 2.24) is 4.90 Å². The van der Waals surface area contributed by atoms with E-state index >= 15 is 0 Å². The summed E-state index contributed by atoms with van der Waals surface area (Å²) in [5.41, 5.74) is 0. The lowest BCUT2D eigenvalue weighted by Crippen LogP contribution is -2.45. The maximum Gasteiger partial charge on any atom is 0.305 e.